The topological polar surface area (TPSA) is 25.8 Å². The molecule has 3 heteroatoms. The van der Waals surface area contributed by atoms with E-state index >= 15 is 0 Å². The second-order valence-corrected chi connectivity index (χ2v) is 13.7. The molecule has 9 rings (SSSR count). The Hall–Kier alpha value is -6.16. The maximum Gasteiger partial charge on any atom is 0.0971 e. The molecule has 0 fully saturated rings. The Morgan fingerprint density at radius 3 is 1.60 bits per heavy atom. The third-order valence-electron chi connectivity index (χ3n) is 9.67. The van der Waals surface area contributed by atoms with E-state index in [0.717, 1.165) is 38.5 Å². The fourth-order valence-corrected chi connectivity index (χ4v) is 8.28. The van der Waals surface area contributed by atoms with Gasteiger partial charge in [0.25, 0.3) is 0 Å². The molecular formula is C47H32N2S. The summed E-state index contributed by atoms with van der Waals surface area (Å²) in [6.07, 6.45) is 9.64. The van der Waals surface area contributed by atoms with Gasteiger partial charge in [0.15, 0.2) is 0 Å². The van der Waals surface area contributed by atoms with E-state index in [1.807, 2.05) is 24.3 Å². The fraction of sp³-hybridized carbons (Fsp3) is 0.0213. The Kier molecular flexibility index (Phi) is 7.41. The molecule has 2 aromatic heterocycles. The van der Waals surface area contributed by atoms with Crippen molar-refractivity contribution in [1.29, 1.82) is 0 Å². The Balaban J connectivity index is 1.11. The number of rotatable bonds is 6. The number of hydrogen-bond donors (Lipinski definition) is 0. The number of benzene rings is 7. The lowest BCUT2D eigenvalue weighted by molar-refractivity contribution is 1.30. The maximum atomic E-state index is 4.72. The Bertz CT molecular complexity index is 2770. The quantitative estimate of drug-likeness (QED) is 0.166. The number of nitrogens with zero attached hydrogens (tertiary/aromatic N) is 2. The van der Waals surface area contributed by atoms with Crippen LogP contribution in [0.1, 0.15) is 18.1 Å². The molecular weight excluding hydrogens is 625 g/mol. The standard InChI is InChI=1S/C47H32N2S/c1-3-9-39-38(4-2)46-47(49-25-24-48-46)40-21-18-36(27-41(39)40)33-12-8-13-34(26-33)37-20-23-45-43(29-37)42-28-35(19-22-44(42)50-45)32-16-14-31(15-17-32)30-10-6-5-7-11-30/h3-29H,2H2,1H3/b9-3-. The van der Waals surface area contributed by atoms with Gasteiger partial charge in [-0.1, -0.05) is 122 Å². The molecule has 0 unspecified atom stereocenters. The van der Waals surface area contributed by atoms with Crippen molar-refractivity contribution in [2.45, 2.75) is 6.92 Å². The van der Waals surface area contributed by atoms with Gasteiger partial charge in [-0.25, -0.2) is 0 Å². The van der Waals surface area contributed by atoms with Crippen LogP contribution in [0, 0.1) is 0 Å². The van der Waals surface area contributed by atoms with Crippen molar-refractivity contribution in [2.75, 3.05) is 0 Å². The van der Waals surface area contributed by atoms with E-state index in [9.17, 15) is 0 Å². The van der Waals surface area contributed by atoms with Crippen LogP contribution in [-0.2, 0) is 0 Å². The van der Waals surface area contributed by atoms with E-state index in [1.165, 1.54) is 59.1 Å². The van der Waals surface area contributed by atoms with Crippen LogP contribution in [0.25, 0.3) is 98.6 Å². The number of thiophene rings is 1. The minimum Gasteiger partial charge on any atom is -0.252 e. The highest BCUT2D eigenvalue weighted by atomic mass is 32.1. The van der Waals surface area contributed by atoms with Gasteiger partial charge in [0.1, 0.15) is 0 Å². The smallest absolute Gasteiger partial charge is 0.0971 e. The molecule has 2 heterocycles. The predicted molar refractivity (Wildman–Crippen MR) is 216 cm³/mol. The SMILES string of the molecule is C=Cc1c(/C=C\C)c2cc(-c3cccc(-c4ccc5sc6ccc(-c7ccc(-c8ccccc8)cc7)cc6c5c4)c3)ccc2c2nccnc12. The molecule has 0 saturated carbocycles. The van der Waals surface area contributed by atoms with Crippen LogP contribution in [0.15, 0.2) is 159 Å². The number of aromatic nitrogens is 2. The van der Waals surface area contributed by atoms with Crippen molar-refractivity contribution in [3.8, 4) is 44.5 Å². The van der Waals surface area contributed by atoms with Crippen molar-refractivity contribution in [2.24, 2.45) is 0 Å². The minimum atomic E-state index is 0.877. The summed E-state index contributed by atoms with van der Waals surface area (Å²) in [7, 11) is 0. The Morgan fingerprint density at radius 1 is 0.460 bits per heavy atom. The minimum absolute atomic E-state index is 0.877. The fourth-order valence-electron chi connectivity index (χ4n) is 7.21. The molecule has 0 bridgehead atoms. The van der Waals surface area contributed by atoms with E-state index in [-0.39, 0.29) is 0 Å². The van der Waals surface area contributed by atoms with Crippen molar-refractivity contribution < 1.29 is 0 Å². The molecule has 0 aliphatic rings. The zero-order valence-electron chi connectivity index (χ0n) is 27.6. The van der Waals surface area contributed by atoms with Crippen LogP contribution < -0.4 is 0 Å². The van der Waals surface area contributed by atoms with Gasteiger partial charge in [0, 0.05) is 43.5 Å². The van der Waals surface area contributed by atoms with Crippen molar-refractivity contribution >= 4 is 65.5 Å². The van der Waals surface area contributed by atoms with Crippen molar-refractivity contribution in [3.63, 3.8) is 0 Å². The van der Waals surface area contributed by atoms with Gasteiger partial charge in [0.2, 0.25) is 0 Å². The van der Waals surface area contributed by atoms with E-state index in [1.54, 1.807) is 12.4 Å². The van der Waals surface area contributed by atoms with E-state index < -0.39 is 0 Å². The van der Waals surface area contributed by atoms with Crippen LogP contribution in [0.4, 0.5) is 0 Å². The molecule has 0 radical (unpaired) electrons. The predicted octanol–water partition coefficient (Wildman–Crippen LogP) is 13.5. The Morgan fingerprint density at radius 2 is 0.960 bits per heavy atom. The summed E-state index contributed by atoms with van der Waals surface area (Å²) in [6.45, 7) is 6.17. The molecule has 0 amide bonds. The van der Waals surface area contributed by atoms with Gasteiger partial charge in [-0.2, -0.15) is 0 Å². The van der Waals surface area contributed by atoms with Gasteiger partial charge in [-0.05, 0) is 98.8 Å². The van der Waals surface area contributed by atoms with Gasteiger partial charge < -0.3 is 0 Å². The average molecular weight is 657 g/mol. The third-order valence-corrected chi connectivity index (χ3v) is 10.8. The molecule has 0 atom stereocenters. The normalized spacial score (nSPS) is 11.7. The summed E-state index contributed by atoms with van der Waals surface area (Å²) in [6, 6.07) is 48.8. The van der Waals surface area contributed by atoms with Crippen LogP contribution in [0.2, 0.25) is 0 Å². The summed E-state index contributed by atoms with van der Waals surface area (Å²) >= 11 is 1.86. The number of allylic oxidation sites excluding steroid dienone is 1. The zero-order valence-corrected chi connectivity index (χ0v) is 28.4. The second-order valence-electron chi connectivity index (χ2n) is 12.6. The monoisotopic (exact) mass is 656 g/mol. The molecule has 7 aromatic carbocycles. The van der Waals surface area contributed by atoms with E-state index in [2.05, 4.69) is 157 Å². The molecule has 9 aromatic rings. The molecule has 0 spiro atoms. The lowest BCUT2D eigenvalue weighted by Gasteiger charge is -2.13. The largest absolute Gasteiger partial charge is 0.252 e. The first-order chi connectivity index (χ1) is 24.7. The second kappa shape index (κ2) is 12.4. The van der Waals surface area contributed by atoms with Gasteiger partial charge in [0.05, 0.1) is 11.0 Å². The third kappa shape index (κ3) is 5.11. The molecule has 0 saturated heterocycles. The lowest BCUT2D eigenvalue weighted by Crippen LogP contribution is -1.94. The first-order valence-electron chi connectivity index (χ1n) is 16.9. The highest BCUT2D eigenvalue weighted by Crippen LogP contribution is 2.40. The number of hydrogen-bond acceptors (Lipinski definition) is 3. The molecule has 2 nitrogen and oxygen atoms in total. The van der Waals surface area contributed by atoms with Crippen LogP contribution >= 0.6 is 11.3 Å². The molecule has 236 valence electrons. The van der Waals surface area contributed by atoms with E-state index in [4.69, 9.17) is 4.98 Å². The Labute approximate surface area is 295 Å². The summed E-state index contributed by atoms with van der Waals surface area (Å²) in [4.78, 5) is 9.40. The van der Waals surface area contributed by atoms with E-state index in [0.29, 0.717) is 0 Å². The van der Waals surface area contributed by atoms with Crippen molar-refractivity contribution in [3.05, 3.63) is 170 Å². The van der Waals surface area contributed by atoms with Crippen LogP contribution in [0.5, 0.6) is 0 Å². The van der Waals surface area contributed by atoms with Crippen LogP contribution in [-0.4, -0.2) is 9.97 Å². The molecule has 0 N–H and O–H groups in total. The summed E-state index contributed by atoms with van der Waals surface area (Å²) in [5.74, 6) is 0. The summed E-state index contributed by atoms with van der Waals surface area (Å²) in [5, 5.41) is 4.83. The average Bonchev–Trinajstić information content (AvgIpc) is 3.56. The van der Waals surface area contributed by atoms with Crippen LogP contribution in [0.3, 0.4) is 0 Å². The summed E-state index contributed by atoms with van der Waals surface area (Å²) in [5.41, 5.74) is 13.6. The molecule has 0 aliphatic heterocycles. The first-order valence-corrected chi connectivity index (χ1v) is 17.7. The maximum absolute atomic E-state index is 4.72. The van der Waals surface area contributed by atoms with Crippen molar-refractivity contribution in [1.82, 2.24) is 9.97 Å². The number of fused-ring (bicyclic) bond motifs is 6. The van der Waals surface area contributed by atoms with Gasteiger partial charge >= 0.3 is 0 Å². The van der Waals surface area contributed by atoms with Gasteiger partial charge in [-0.3, -0.25) is 9.97 Å². The first kappa shape index (κ1) is 29.9. The lowest BCUT2D eigenvalue weighted by atomic mass is 9.92. The molecule has 0 aliphatic carbocycles. The molecule has 50 heavy (non-hydrogen) atoms. The highest BCUT2D eigenvalue weighted by Gasteiger charge is 2.15. The van der Waals surface area contributed by atoms with Gasteiger partial charge in [-0.15, -0.1) is 11.3 Å². The zero-order chi connectivity index (χ0) is 33.6. The highest BCUT2D eigenvalue weighted by molar-refractivity contribution is 7.25. The summed E-state index contributed by atoms with van der Waals surface area (Å²) < 4.78 is 2.61.